The maximum Gasteiger partial charge on any atom is 0.251 e. The van der Waals surface area contributed by atoms with E-state index in [9.17, 15) is 4.79 Å². The van der Waals surface area contributed by atoms with E-state index < -0.39 is 6.10 Å². The van der Waals surface area contributed by atoms with Crippen molar-refractivity contribution in [2.75, 3.05) is 29.5 Å². The van der Waals surface area contributed by atoms with Gasteiger partial charge in [-0.3, -0.25) is 9.89 Å². The number of carbonyl (C=O) groups excluding carboxylic acids is 1. The molecular formula is C24H32N8O2. The number of nitrogen functional groups attached to an aromatic ring is 2. The first-order valence-corrected chi connectivity index (χ1v) is 12.1. The van der Waals surface area contributed by atoms with Crippen LogP contribution in [0.2, 0.25) is 0 Å². The minimum absolute atomic E-state index is 0.0454. The first kappa shape index (κ1) is 22.4. The third kappa shape index (κ3) is 4.50. The standard InChI is InChI=1S/C24H32N8O2/c1-2-16-13-34-20(23(33)27-15-6-4-3-5-7-15)12-32(16)21-11-18(28-24(26)29-21)14-8-9-17-19(10-14)30-31-22(17)25/h8-11,15-16,20H,2-7,12-13H2,1H3,(H,27,33)(H3,25,30,31)(H2,26,28,29). The van der Waals surface area contributed by atoms with E-state index in [1.54, 1.807) is 0 Å². The zero-order valence-corrected chi connectivity index (χ0v) is 19.5. The van der Waals surface area contributed by atoms with E-state index in [4.69, 9.17) is 16.2 Å². The van der Waals surface area contributed by atoms with Gasteiger partial charge < -0.3 is 26.4 Å². The summed E-state index contributed by atoms with van der Waals surface area (Å²) in [5.74, 6) is 1.29. The van der Waals surface area contributed by atoms with Crippen LogP contribution in [0.4, 0.5) is 17.6 Å². The highest BCUT2D eigenvalue weighted by atomic mass is 16.5. The normalized spacial score (nSPS) is 21.6. The van der Waals surface area contributed by atoms with Crippen LogP contribution in [0.3, 0.4) is 0 Å². The molecule has 10 heteroatoms. The highest BCUT2D eigenvalue weighted by Gasteiger charge is 2.34. The topological polar surface area (TPSA) is 148 Å². The van der Waals surface area contributed by atoms with Gasteiger partial charge in [0.1, 0.15) is 5.82 Å². The number of carbonyl (C=O) groups is 1. The van der Waals surface area contributed by atoms with Crippen molar-refractivity contribution in [2.24, 2.45) is 0 Å². The number of rotatable bonds is 5. The number of aromatic amines is 1. The Balaban J connectivity index is 1.39. The average molecular weight is 465 g/mol. The molecule has 0 spiro atoms. The van der Waals surface area contributed by atoms with Gasteiger partial charge in [-0.15, -0.1) is 0 Å². The number of nitrogens with one attached hydrogen (secondary N) is 2. The maximum atomic E-state index is 13.0. The molecule has 0 radical (unpaired) electrons. The van der Waals surface area contributed by atoms with Gasteiger partial charge in [0.05, 0.1) is 30.4 Å². The highest BCUT2D eigenvalue weighted by Crippen LogP contribution is 2.29. The zero-order chi connectivity index (χ0) is 23.7. The van der Waals surface area contributed by atoms with Crippen molar-refractivity contribution in [3.8, 4) is 11.3 Å². The van der Waals surface area contributed by atoms with Crippen molar-refractivity contribution >= 4 is 34.4 Å². The summed E-state index contributed by atoms with van der Waals surface area (Å²) in [5.41, 5.74) is 14.4. The van der Waals surface area contributed by atoms with E-state index in [-0.39, 0.29) is 23.9 Å². The van der Waals surface area contributed by atoms with Crippen LogP contribution >= 0.6 is 0 Å². The average Bonchev–Trinajstić information content (AvgIpc) is 3.23. The van der Waals surface area contributed by atoms with Crippen LogP contribution in [0, 0.1) is 0 Å². The van der Waals surface area contributed by atoms with Crippen molar-refractivity contribution in [3.05, 3.63) is 24.3 Å². The van der Waals surface area contributed by atoms with Gasteiger partial charge in [-0.05, 0) is 31.4 Å². The molecule has 2 atom stereocenters. The van der Waals surface area contributed by atoms with Gasteiger partial charge in [0, 0.05) is 23.1 Å². The summed E-state index contributed by atoms with van der Waals surface area (Å²) in [6.45, 7) is 2.98. The fourth-order valence-corrected chi connectivity index (χ4v) is 4.96. The summed E-state index contributed by atoms with van der Waals surface area (Å²) in [7, 11) is 0. The lowest BCUT2D eigenvalue weighted by molar-refractivity contribution is -0.135. The molecule has 2 unspecified atom stereocenters. The molecular weight excluding hydrogens is 432 g/mol. The largest absolute Gasteiger partial charge is 0.382 e. The number of ether oxygens (including phenoxy) is 1. The number of H-pyrrole nitrogens is 1. The predicted molar refractivity (Wildman–Crippen MR) is 132 cm³/mol. The van der Waals surface area contributed by atoms with Crippen LogP contribution in [-0.4, -0.2) is 57.4 Å². The van der Waals surface area contributed by atoms with E-state index in [1.807, 2.05) is 24.3 Å². The van der Waals surface area contributed by atoms with E-state index in [0.717, 1.165) is 35.7 Å². The Morgan fingerprint density at radius 3 is 2.82 bits per heavy atom. The predicted octanol–water partition coefficient (Wildman–Crippen LogP) is 2.62. The summed E-state index contributed by atoms with van der Waals surface area (Å²) in [4.78, 5) is 24.1. The van der Waals surface area contributed by atoms with Crippen LogP contribution in [0.25, 0.3) is 22.2 Å². The summed E-state index contributed by atoms with van der Waals surface area (Å²) in [6, 6.07) is 8.06. The summed E-state index contributed by atoms with van der Waals surface area (Å²) in [5, 5.41) is 11.1. The monoisotopic (exact) mass is 464 g/mol. The minimum atomic E-state index is -0.548. The molecule has 34 heavy (non-hydrogen) atoms. The summed E-state index contributed by atoms with van der Waals surface area (Å²) < 4.78 is 5.98. The van der Waals surface area contributed by atoms with E-state index in [1.165, 1.54) is 19.3 Å². The Labute approximate surface area is 198 Å². The molecule has 1 aliphatic carbocycles. The quantitative estimate of drug-likeness (QED) is 0.450. The molecule has 1 amide bonds. The SMILES string of the molecule is CCC1COC(C(=O)NC2CCCCC2)CN1c1cc(-c2ccc3c(N)n[nH]c3c2)nc(N)n1. The van der Waals surface area contributed by atoms with E-state index in [2.05, 4.69) is 37.3 Å². The van der Waals surface area contributed by atoms with Gasteiger partial charge >= 0.3 is 0 Å². The second-order valence-electron chi connectivity index (χ2n) is 9.22. The van der Waals surface area contributed by atoms with Crippen LogP contribution < -0.4 is 21.7 Å². The minimum Gasteiger partial charge on any atom is -0.382 e. The number of fused-ring (bicyclic) bond motifs is 1. The first-order chi connectivity index (χ1) is 16.5. The number of nitrogens with two attached hydrogens (primary N) is 2. The number of hydrogen-bond donors (Lipinski definition) is 4. The molecule has 3 heterocycles. The molecule has 3 aromatic rings. The number of amides is 1. The molecule has 180 valence electrons. The number of anilines is 3. The molecule has 2 fully saturated rings. The number of benzene rings is 1. The van der Waals surface area contributed by atoms with Crippen molar-refractivity contribution in [1.82, 2.24) is 25.5 Å². The Morgan fingerprint density at radius 1 is 1.21 bits per heavy atom. The number of nitrogens with zero attached hydrogens (tertiary/aromatic N) is 4. The smallest absolute Gasteiger partial charge is 0.251 e. The van der Waals surface area contributed by atoms with Gasteiger partial charge in [-0.2, -0.15) is 10.1 Å². The lowest BCUT2D eigenvalue weighted by Crippen LogP contribution is -2.56. The lowest BCUT2D eigenvalue weighted by atomic mass is 9.95. The molecule has 1 aromatic carbocycles. The van der Waals surface area contributed by atoms with Crippen molar-refractivity contribution in [1.29, 1.82) is 0 Å². The van der Waals surface area contributed by atoms with Crippen LogP contribution in [0.1, 0.15) is 45.4 Å². The fraction of sp³-hybridized carbons (Fsp3) is 0.500. The fourth-order valence-electron chi connectivity index (χ4n) is 4.96. The van der Waals surface area contributed by atoms with Gasteiger partial charge in [0.2, 0.25) is 5.95 Å². The Kier molecular flexibility index (Phi) is 6.23. The molecule has 2 aliphatic rings. The number of hydrogen-bond acceptors (Lipinski definition) is 8. The third-order valence-corrected chi connectivity index (χ3v) is 6.92. The first-order valence-electron chi connectivity index (χ1n) is 12.1. The second-order valence-corrected chi connectivity index (χ2v) is 9.22. The van der Waals surface area contributed by atoms with Crippen molar-refractivity contribution < 1.29 is 9.53 Å². The van der Waals surface area contributed by atoms with Gasteiger partial charge in [-0.1, -0.05) is 32.3 Å². The molecule has 6 N–H and O–H groups in total. The van der Waals surface area contributed by atoms with Crippen molar-refractivity contribution in [3.63, 3.8) is 0 Å². The molecule has 1 saturated heterocycles. The molecule has 2 aromatic heterocycles. The molecule has 10 nitrogen and oxygen atoms in total. The second kappa shape index (κ2) is 9.46. The van der Waals surface area contributed by atoms with Crippen LogP contribution in [-0.2, 0) is 9.53 Å². The van der Waals surface area contributed by atoms with E-state index >= 15 is 0 Å². The number of aromatic nitrogens is 4. The third-order valence-electron chi connectivity index (χ3n) is 6.92. The Hall–Kier alpha value is -3.40. The maximum absolute atomic E-state index is 13.0. The highest BCUT2D eigenvalue weighted by molar-refractivity contribution is 5.91. The van der Waals surface area contributed by atoms with Gasteiger partial charge in [0.15, 0.2) is 11.9 Å². The van der Waals surface area contributed by atoms with Crippen molar-refractivity contribution in [2.45, 2.75) is 63.6 Å². The van der Waals surface area contributed by atoms with E-state index in [0.29, 0.717) is 30.5 Å². The summed E-state index contributed by atoms with van der Waals surface area (Å²) >= 11 is 0. The summed E-state index contributed by atoms with van der Waals surface area (Å²) in [6.07, 6.45) is 5.97. The Bertz CT molecular complexity index is 1170. The lowest BCUT2D eigenvalue weighted by Gasteiger charge is -2.40. The van der Waals surface area contributed by atoms with Crippen LogP contribution in [0.15, 0.2) is 24.3 Å². The Morgan fingerprint density at radius 2 is 2.03 bits per heavy atom. The molecule has 0 bridgehead atoms. The molecule has 5 rings (SSSR count). The van der Waals surface area contributed by atoms with Gasteiger partial charge in [-0.25, -0.2) is 4.98 Å². The molecule has 1 saturated carbocycles. The number of morpholine rings is 1. The zero-order valence-electron chi connectivity index (χ0n) is 19.5. The molecule has 1 aliphatic heterocycles. The van der Waals surface area contributed by atoms with Crippen LogP contribution in [0.5, 0.6) is 0 Å². The van der Waals surface area contributed by atoms with Gasteiger partial charge in [0.25, 0.3) is 5.91 Å².